The van der Waals surface area contributed by atoms with Crippen LogP contribution in [0.5, 0.6) is 0 Å². The molecule has 16 heavy (non-hydrogen) atoms. The molecule has 0 aliphatic heterocycles. The summed E-state index contributed by atoms with van der Waals surface area (Å²) >= 11 is 0. The second-order valence-corrected chi connectivity index (χ2v) is 3.51. The molecule has 0 atom stereocenters. The third kappa shape index (κ3) is 2.53. The van der Waals surface area contributed by atoms with Crippen LogP contribution in [0, 0.1) is 5.95 Å². The van der Waals surface area contributed by atoms with Gasteiger partial charge in [-0.1, -0.05) is 6.07 Å². The van der Waals surface area contributed by atoms with Crippen molar-refractivity contribution in [2.45, 2.75) is 6.54 Å². The van der Waals surface area contributed by atoms with E-state index in [-0.39, 0.29) is 0 Å². The first-order valence-corrected chi connectivity index (χ1v) is 4.98. The van der Waals surface area contributed by atoms with E-state index in [0.717, 1.165) is 11.4 Å². The van der Waals surface area contributed by atoms with Crippen LogP contribution in [0.3, 0.4) is 0 Å². The summed E-state index contributed by atoms with van der Waals surface area (Å²) in [6.07, 6.45) is 3.20. The Morgan fingerprint density at radius 2 is 2.06 bits per heavy atom. The van der Waals surface area contributed by atoms with Crippen molar-refractivity contribution in [3.8, 4) is 0 Å². The molecule has 2 heterocycles. The maximum absolute atomic E-state index is 12.9. The van der Waals surface area contributed by atoms with Crippen LogP contribution >= 0.6 is 0 Å². The van der Waals surface area contributed by atoms with Gasteiger partial charge in [0.2, 0.25) is 5.95 Å². The monoisotopic (exact) mass is 217 g/mol. The van der Waals surface area contributed by atoms with Gasteiger partial charge in [-0.15, -0.1) is 0 Å². The summed E-state index contributed by atoms with van der Waals surface area (Å²) in [5, 5.41) is 0. The lowest BCUT2D eigenvalue weighted by Crippen LogP contribution is -2.17. The predicted octanol–water partition coefficient (Wildman–Crippen LogP) is 2.25. The molecule has 0 saturated heterocycles. The molecule has 2 aromatic heterocycles. The number of pyridine rings is 2. The lowest BCUT2D eigenvalue weighted by atomic mass is 10.3. The van der Waals surface area contributed by atoms with Crippen molar-refractivity contribution in [2.75, 3.05) is 11.9 Å². The van der Waals surface area contributed by atoms with Crippen LogP contribution in [-0.2, 0) is 6.54 Å². The van der Waals surface area contributed by atoms with Gasteiger partial charge in [-0.3, -0.25) is 4.98 Å². The quantitative estimate of drug-likeness (QED) is 0.738. The van der Waals surface area contributed by atoms with Crippen molar-refractivity contribution in [2.24, 2.45) is 0 Å². The number of halogens is 1. The maximum Gasteiger partial charge on any atom is 0.214 e. The van der Waals surface area contributed by atoms with Crippen molar-refractivity contribution < 1.29 is 4.39 Å². The van der Waals surface area contributed by atoms with Gasteiger partial charge in [-0.2, -0.15) is 4.39 Å². The van der Waals surface area contributed by atoms with E-state index in [1.165, 1.54) is 12.3 Å². The van der Waals surface area contributed by atoms with E-state index < -0.39 is 5.95 Å². The fraction of sp³-hybridized carbons (Fsp3) is 0.167. The lowest BCUT2D eigenvalue weighted by Gasteiger charge is -2.18. The summed E-state index contributed by atoms with van der Waals surface area (Å²) in [7, 11) is 1.89. The number of rotatable bonds is 3. The van der Waals surface area contributed by atoms with Crippen molar-refractivity contribution in [3.05, 3.63) is 54.4 Å². The Morgan fingerprint density at radius 1 is 1.19 bits per heavy atom. The molecule has 0 aliphatic carbocycles. The van der Waals surface area contributed by atoms with Gasteiger partial charge in [0, 0.05) is 31.2 Å². The largest absolute Gasteiger partial charge is 0.369 e. The molecular weight excluding hydrogens is 205 g/mol. The third-order valence-electron chi connectivity index (χ3n) is 2.28. The number of aromatic nitrogens is 2. The number of anilines is 1. The third-order valence-corrected chi connectivity index (χ3v) is 2.28. The lowest BCUT2D eigenvalue weighted by molar-refractivity contribution is 0.583. The van der Waals surface area contributed by atoms with Gasteiger partial charge in [0.05, 0.1) is 12.2 Å². The summed E-state index contributed by atoms with van der Waals surface area (Å²) in [5.41, 5.74) is 1.74. The topological polar surface area (TPSA) is 29.0 Å². The minimum absolute atomic E-state index is 0.467. The standard InChI is InChI=1S/C12H12FN3/c1-16(9-10-4-2-3-6-14-10)11-5-7-15-12(13)8-11/h2-8H,9H2,1H3. The van der Waals surface area contributed by atoms with Gasteiger partial charge in [-0.05, 0) is 18.2 Å². The predicted molar refractivity (Wildman–Crippen MR) is 60.5 cm³/mol. The molecule has 0 radical (unpaired) electrons. The molecule has 0 spiro atoms. The first kappa shape index (κ1) is 10.5. The number of hydrogen-bond donors (Lipinski definition) is 0. The van der Waals surface area contributed by atoms with Gasteiger partial charge in [0.15, 0.2) is 0 Å². The Balaban J connectivity index is 2.12. The first-order chi connectivity index (χ1) is 7.75. The van der Waals surface area contributed by atoms with Crippen LogP contribution in [0.4, 0.5) is 10.1 Å². The zero-order chi connectivity index (χ0) is 11.4. The molecule has 4 heteroatoms. The average Bonchev–Trinajstić information content (AvgIpc) is 2.30. The minimum Gasteiger partial charge on any atom is -0.369 e. The Hall–Kier alpha value is -1.97. The molecule has 0 N–H and O–H groups in total. The summed E-state index contributed by atoms with van der Waals surface area (Å²) in [6, 6.07) is 8.92. The molecule has 3 nitrogen and oxygen atoms in total. The van der Waals surface area contributed by atoms with E-state index in [9.17, 15) is 4.39 Å². The van der Waals surface area contributed by atoms with Crippen LogP contribution in [0.15, 0.2) is 42.7 Å². The Kier molecular flexibility index (Phi) is 3.10. The fourth-order valence-corrected chi connectivity index (χ4v) is 1.46. The molecule has 0 fully saturated rings. The van der Waals surface area contributed by atoms with E-state index in [1.807, 2.05) is 30.1 Å². The van der Waals surface area contributed by atoms with Gasteiger partial charge in [0.1, 0.15) is 0 Å². The van der Waals surface area contributed by atoms with Gasteiger partial charge < -0.3 is 4.90 Å². The van der Waals surface area contributed by atoms with Crippen molar-refractivity contribution in [1.29, 1.82) is 0 Å². The summed E-state index contributed by atoms with van der Waals surface area (Å²) in [5.74, 6) is -0.467. The van der Waals surface area contributed by atoms with E-state index in [2.05, 4.69) is 9.97 Å². The Morgan fingerprint density at radius 3 is 2.75 bits per heavy atom. The minimum atomic E-state index is -0.467. The molecule has 0 saturated carbocycles. The first-order valence-electron chi connectivity index (χ1n) is 4.98. The number of nitrogens with zero attached hydrogens (tertiary/aromatic N) is 3. The molecule has 0 bridgehead atoms. The molecule has 2 aromatic rings. The number of hydrogen-bond acceptors (Lipinski definition) is 3. The van der Waals surface area contributed by atoms with Gasteiger partial charge >= 0.3 is 0 Å². The highest BCUT2D eigenvalue weighted by Gasteiger charge is 2.03. The van der Waals surface area contributed by atoms with Crippen molar-refractivity contribution in [1.82, 2.24) is 9.97 Å². The average molecular weight is 217 g/mol. The second kappa shape index (κ2) is 4.70. The van der Waals surface area contributed by atoms with E-state index in [4.69, 9.17) is 0 Å². The molecule has 0 unspecified atom stereocenters. The van der Waals surface area contributed by atoms with Gasteiger partial charge in [-0.25, -0.2) is 4.98 Å². The molecule has 2 rings (SSSR count). The summed E-state index contributed by atoms with van der Waals surface area (Å²) in [4.78, 5) is 9.66. The Bertz CT molecular complexity index is 459. The fourth-order valence-electron chi connectivity index (χ4n) is 1.46. The van der Waals surface area contributed by atoms with Crippen LogP contribution in [0.2, 0.25) is 0 Å². The van der Waals surface area contributed by atoms with Crippen molar-refractivity contribution >= 4 is 5.69 Å². The van der Waals surface area contributed by atoms with Crippen LogP contribution in [-0.4, -0.2) is 17.0 Å². The molecule has 82 valence electrons. The highest BCUT2D eigenvalue weighted by Crippen LogP contribution is 2.14. The zero-order valence-corrected chi connectivity index (χ0v) is 8.97. The van der Waals surface area contributed by atoms with Gasteiger partial charge in [0.25, 0.3) is 0 Å². The highest BCUT2D eigenvalue weighted by atomic mass is 19.1. The molecule has 0 aromatic carbocycles. The molecule has 0 amide bonds. The molecular formula is C12H12FN3. The second-order valence-electron chi connectivity index (χ2n) is 3.51. The van der Waals surface area contributed by atoms with E-state index in [1.54, 1.807) is 12.3 Å². The zero-order valence-electron chi connectivity index (χ0n) is 8.97. The van der Waals surface area contributed by atoms with Crippen molar-refractivity contribution in [3.63, 3.8) is 0 Å². The molecule has 0 aliphatic rings. The van der Waals surface area contributed by atoms with Crippen LogP contribution in [0.1, 0.15) is 5.69 Å². The van der Waals surface area contributed by atoms with E-state index in [0.29, 0.717) is 6.54 Å². The van der Waals surface area contributed by atoms with Crippen LogP contribution in [0.25, 0.3) is 0 Å². The summed E-state index contributed by atoms with van der Waals surface area (Å²) < 4.78 is 12.9. The van der Waals surface area contributed by atoms with E-state index >= 15 is 0 Å². The maximum atomic E-state index is 12.9. The SMILES string of the molecule is CN(Cc1ccccn1)c1ccnc(F)c1. The highest BCUT2D eigenvalue weighted by molar-refractivity contribution is 5.44. The van der Waals surface area contributed by atoms with Crippen LogP contribution < -0.4 is 4.90 Å². The Labute approximate surface area is 93.6 Å². The normalized spacial score (nSPS) is 10.1. The summed E-state index contributed by atoms with van der Waals surface area (Å²) in [6.45, 7) is 0.643. The smallest absolute Gasteiger partial charge is 0.214 e.